The number of esters is 1. The third-order valence-electron chi connectivity index (χ3n) is 4.46. The minimum Gasteiger partial charge on any atom is -0.462 e. The van der Waals surface area contributed by atoms with E-state index in [1.807, 2.05) is 38.1 Å². The van der Waals surface area contributed by atoms with Crippen molar-refractivity contribution in [3.8, 4) is 0 Å². The molecule has 1 fully saturated rings. The molecule has 6 nitrogen and oxygen atoms in total. The lowest BCUT2D eigenvalue weighted by atomic mass is 10.0. The molecular weight excluding hydrogens is 318 g/mol. The molecule has 0 unspecified atom stereocenters. The molecule has 25 heavy (non-hydrogen) atoms. The number of carbonyl (C=O) groups is 1. The highest BCUT2D eigenvalue weighted by atomic mass is 16.5. The molecule has 1 aromatic carbocycles. The summed E-state index contributed by atoms with van der Waals surface area (Å²) in [4.78, 5) is 19.5. The van der Waals surface area contributed by atoms with E-state index in [2.05, 4.69) is 15.2 Å². The third kappa shape index (κ3) is 4.08. The molecule has 2 heterocycles. The molecule has 6 heteroatoms. The first-order valence-corrected chi connectivity index (χ1v) is 8.81. The average molecular weight is 343 g/mol. The fourth-order valence-corrected chi connectivity index (χ4v) is 3.12. The van der Waals surface area contributed by atoms with Crippen molar-refractivity contribution in [1.82, 2.24) is 9.88 Å². The number of anilines is 1. The number of rotatable bonds is 6. The van der Waals surface area contributed by atoms with Gasteiger partial charge in [0, 0.05) is 31.6 Å². The summed E-state index contributed by atoms with van der Waals surface area (Å²) in [6.45, 7) is 9.15. The van der Waals surface area contributed by atoms with Crippen molar-refractivity contribution in [2.45, 2.75) is 13.8 Å². The van der Waals surface area contributed by atoms with Crippen molar-refractivity contribution in [2.75, 3.05) is 51.3 Å². The predicted octanol–water partition coefficient (Wildman–Crippen LogP) is 2.46. The molecule has 1 aromatic heterocycles. The number of aryl methyl sites for hydroxylation is 1. The van der Waals surface area contributed by atoms with Crippen molar-refractivity contribution in [3.63, 3.8) is 0 Å². The number of morpholine rings is 1. The molecule has 0 atom stereocenters. The normalized spacial score (nSPS) is 15.3. The molecule has 0 amide bonds. The molecule has 0 saturated carbocycles. The number of hydrogen-bond donors (Lipinski definition) is 1. The largest absolute Gasteiger partial charge is 0.462 e. The molecule has 0 spiro atoms. The molecule has 0 aliphatic carbocycles. The number of nitrogens with zero attached hydrogens (tertiary/aromatic N) is 2. The van der Waals surface area contributed by atoms with Crippen LogP contribution in [0.2, 0.25) is 0 Å². The minimum absolute atomic E-state index is 0.327. The van der Waals surface area contributed by atoms with Gasteiger partial charge in [0.2, 0.25) is 0 Å². The lowest BCUT2D eigenvalue weighted by Crippen LogP contribution is -2.39. The van der Waals surface area contributed by atoms with Crippen LogP contribution in [-0.4, -0.2) is 61.9 Å². The van der Waals surface area contributed by atoms with Crippen molar-refractivity contribution in [3.05, 3.63) is 35.4 Å². The zero-order valence-corrected chi connectivity index (χ0v) is 14.9. The maximum absolute atomic E-state index is 12.5. The van der Waals surface area contributed by atoms with Gasteiger partial charge in [-0.05, 0) is 25.5 Å². The summed E-state index contributed by atoms with van der Waals surface area (Å²) in [5, 5.41) is 4.31. The molecular formula is C19H25N3O3. The maximum Gasteiger partial charge on any atom is 0.342 e. The Morgan fingerprint density at radius 2 is 2.08 bits per heavy atom. The molecule has 2 aromatic rings. The van der Waals surface area contributed by atoms with E-state index in [4.69, 9.17) is 9.47 Å². The number of nitrogens with one attached hydrogen (secondary N) is 1. The van der Waals surface area contributed by atoms with Gasteiger partial charge >= 0.3 is 5.97 Å². The Hall–Kier alpha value is -2.18. The fraction of sp³-hybridized carbons (Fsp3) is 0.474. The first kappa shape index (κ1) is 17.6. The molecule has 134 valence electrons. The van der Waals surface area contributed by atoms with Gasteiger partial charge in [0.1, 0.15) is 11.4 Å². The average Bonchev–Trinajstić information content (AvgIpc) is 2.63. The lowest BCUT2D eigenvalue weighted by Gasteiger charge is -2.26. The summed E-state index contributed by atoms with van der Waals surface area (Å²) in [5.41, 5.74) is 2.31. The van der Waals surface area contributed by atoms with Crippen LogP contribution in [0, 0.1) is 6.92 Å². The SMILES string of the molecule is CCOC(=O)c1c(NCCN2CCOCC2)nc2ccccc2c1C. The standard InChI is InChI=1S/C19H25N3O3/c1-3-25-19(23)17-14(2)15-6-4-5-7-16(15)21-18(17)20-8-9-22-10-12-24-13-11-22/h4-7H,3,8-13H2,1-2H3,(H,20,21). The Labute approximate surface area is 148 Å². The highest BCUT2D eigenvalue weighted by Gasteiger charge is 2.20. The summed E-state index contributed by atoms with van der Waals surface area (Å²) < 4.78 is 10.6. The van der Waals surface area contributed by atoms with Crippen LogP contribution in [0.3, 0.4) is 0 Å². The van der Waals surface area contributed by atoms with Crippen LogP contribution in [-0.2, 0) is 9.47 Å². The Bertz CT molecular complexity index is 742. The number of ether oxygens (including phenoxy) is 2. The summed E-state index contributed by atoms with van der Waals surface area (Å²) >= 11 is 0. The maximum atomic E-state index is 12.5. The number of benzene rings is 1. The van der Waals surface area contributed by atoms with E-state index in [1.165, 1.54) is 0 Å². The topological polar surface area (TPSA) is 63.7 Å². The zero-order valence-electron chi connectivity index (χ0n) is 14.9. The van der Waals surface area contributed by atoms with Crippen LogP contribution in [0.15, 0.2) is 24.3 Å². The number of fused-ring (bicyclic) bond motifs is 1. The van der Waals surface area contributed by atoms with Gasteiger partial charge in [-0.3, -0.25) is 4.90 Å². The molecule has 1 saturated heterocycles. The minimum atomic E-state index is -0.327. The monoisotopic (exact) mass is 343 g/mol. The Balaban J connectivity index is 1.83. The number of para-hydroxylation sites is 1. The second-order valence-corrected chi connectivity index (χ2v) is 6.08. The second kappa shape index (κ2) is 8.27. The number of carbonyl (C=O) groups excluding carboxylic acids is 1. The zero-order chi connectivity index (χ0) is 17.6. The molecule has 1 N–H and O–H groups in total. The van der Waals surface area contributed by atoms with E-state index in [1.54, 1.807) is 0 Å². The van der Waals surface area contributed by atoms with Gasteiger partial charge in [-0.1, -0.05) is 18.2 Å². The van der Waals surface area contributed by atoms with Crippen LogP contribution in [0.1, 0.15) is 22.8 Å². The lowest BCUT2D eigenvalue weighted by molar-refractivity contribution is 0.0398. The van der Waals surface area contributed by atoms with Crippen LogP contribution in [0.25, 0.3) is 10.9 Å². The van der Waals surface area contributed by atoms with Gasteiger partial charge in [-0.25, -0.2) is 9.78 Å². The van der Waals surface area contributed by atoms with E-state index < -0.39 is 0 Å². The Morgan fingerprint density at radius 3 is 2.84 bits per heavy atom. The molecule has 0 bridgehead atoms. The van der Waals surface area contributed by atoms with E-state index in [0.717, 1.165) is 55.9 Å². The first-order valence-electron chi connectivity index (χ1n) is 8.81. The highest BCUT2D eigenvalue weighted by molar-refractivity contribution is 6.02. The van der Waals surface area contributed by atoms with Gasteiger partial charge in [0.15, 0.2) is 0 Å². The second-order valence-electron chi connectivity index (χ2n) is 6.08. The molecule has 0 radical (unpaired) electrons. The fourth-order valence-electron chi connectivity index (χ4n) is 3.12. The van der Waals surface area contributed by atoms with Gasteiger partial charge in [-0.2, -0.15) is 0 Å². The number of hydrogen-bond acceptors (Lipinski definition) is 6. The molecule has 1 aliphatic rings. The number of pyridine rings is 1. The summed E-state index contributed by atoms with van der Waals surface area (Å²) in [7, 11) is 0. The van der Waals surface area contributed by atoms with Crippen molar-refractivity contribution in [2.24, 2.45) is 0 Å². The smallest absolute Gasteiger partial charge is 0.342 e. The Morgan fingerprint density at radius 1 is 1.32 bits per heavy atom. The van der Waals surface area contributed by atoms with Crippen LogP contribution < -0.4 is 5.32 Å². The van der Waals surface area contributed by atoms with E-state index in [0.29, 0.717) is 18.0 Å². The van der Waals surface area contributed by atoms with Crippen molar-refractivity contribution < 1.29 is 14.3 Å². The van der Waals surface area contributed by atoms with Crippen molar-refractivity contribution >= 4 is 22.7 Å². The van der Waals surface area contributed by atoms with Crippen LogP contribution >= 0.6 is 0 Å². The van der Waals surface area contributed by atoms with E-state index in [9.17, 15) is 4.79 Å². The molecule has 3 rings (SSSR count). The van der Waals surface area contributed by atoms with Gasteiger partial charge in [-0.15, -0.1) is 0 Å². The third-order valence-corrected chi connectivity index (χ3v) is 4.46. The van der Waals surface area contributed by atoms with Gasteiger partial charge in [0.25, 0.3) is 0 Å². The van der Waals surface area contributed by atoms with Gasteiger partial charge in [0.05, 0.1) is 25.3 Å². The predicted molar refractivity (Wildman–Crippen MR) is 98.2 cm³/mol. The van der Waals surface area contributed by atoms with Crippen molar-refractivity contribution in [1.29, 1.82) is 0 Å². The first-order chi connectivity index (χ1) is 12.2. The summed E-state index contributed by atoms with van der Waals surface area (Å²) in [6.07, 6.45) is 0. The van der Waals surface area contributed by atoms with Gasteiger partial charge < -0.3 is 14.8 Å². The molecule has 1 aliphatic heterocycles. The summed E-state index contributed by atoms with van der Waals surface area (Å²) in [6, 6.07) is 7.86. The van der Waals surface area contributed by atoms with Crippen LogP contribution in [0.4, 0.5) is 5.82 Å². The Kier molecular flexibility index (Phi) is 5.83. The van der Waals surface area contributed by atoms with Crippen LogP contribution in [0.5, 0.6) is 0 Å². The summed E-state index contributed by atoms with van der Waals surface area (Å²) in [5.74, 6) is 0.273. The number of aromatic nitrogens is 1. The quantitative estimate of drug-likeness (QED) is 0.813. The van der Waals surface area contributed by atoms with E-state index in [-0.39, 0.29) is 5.97 Å². The van der Waals surface area contributed by atoms with E-state index >= 15 is 0 Å². The highest BCUT2D eigenvalue weighted by Crippen LogP contribution is 2.26.